The summed E-state index contributed by atoms with van der Waals surface area (Å²) >= 11 is 0. The maximum absolute atomic E-state index is 13.4. The largest absolute Gasteiger partial charge is 0.408 e. The molecule has 9 heteroatoms. The zero-order valence-electron chi connectivity index (χ0n) is 18.4. The van der Waals surface area contributed by atoms with E-state index in [0.29, 0.717) is 22.8 Å². The molecule has 1 aromatic carbocycles. The van der Waals surface area contributed by atoms with E-state index in [1.54, 1.807) is 18.3 Å². The van der Waals surface area contributed by atoms with E-state index in [4.69, 9.17) is 5.10 Å². The first-order valence-electron chi connectivity index (χ1n) is 10.9. The summed E-state index contributed by atoms with van der Waals surface area (Å²) in [4.78, 5) is 16.5. The van der Waals surface area contributed by atoms with Crippen LogP contribution < -0.4 is 10.9 Å². The summed E-state index contributed by atoms with van der Waals surface area (Å²) in [6.45, 7) is 2.21. The van der Waals surface area contributed by atoms with Gasteiger partial charge >= 0.3 is 6.18 Å². The van der Waals surface area contributed by atoms with Crippen LogP contribution in [0.1, 0.15) is 50.3 Å². The second-order valence-electron chi connectivity index (χ2n) is 8.84. The van der Waals surface area contributed by atoms with E-state index in [0.717, 1.165) is 29.7 Å². The molecule has 3 atom stereocenters. The van der Waals surface area contributed by atoms with Crippen LogP contribution in [0.5, 0.6) is 0 Å². The average Bonchev–Trinajstić information content (AvgIpc) is 3.08. The van der Waals surface area contributed by atoms with Gasteiger partial charge in [-0.3, -0.25) is 14.4 Å². The SMILES string of the molecule is CC1CCCCC1n1nc(Nc2ccc(C(N(C)C)C(F)(F)F)cc2)c2c(=O)[nH]ccc21. The van der Waals surface area contributed by atoms with Crippen molar-refractivity contribution in [2.24, 2.45) is 5.92 Å². The van der Waals surface area contributed by atoms with Crippen LogP contribution in [0.3, 0.4) is 0 Å². The molecular formula is C23H28F3N5O. The minimum Gasteiger partial charge on any atom is -0.338 e. The van der Waals surface area contributed by atoms with Gasteiger partial charge in [0.2, 0.25) is 0 Å². The molecule has 0 aliphatic heterocycles. The molecule has 1 saturated carbocycles. The number of aromatic amines is 1. The zero-order valence-corrected chi connectivity index (χ0v) is 18.4. The summed E-state index contributed by atoms with van der Waals surface area (Å²) in [5.74, 6) is 0.857. The van der Waals surface area contributed by atoms with Crippen molar-refractivity contribution in [1.29, 1.82) is 0 Å². The molecule has 1 aliphatic carbocycles. The van der Waals surface area contributed by atoms with Gasteiger partial charge < -0.3 is 10.3 Å². The van der Waals surface area contributed by atoms with Crippen LogP contribution in [0.2, 0.25) is 0 Å². The molecule has 32 heavy (non-hydrogen) atoms. The van der Waals surface area contributed by atoms with Crippen molar-refractivity contribution in [2.45, 2.75) is 50.9 Å². The summed E-state index contributed by atoms with van der Waals surface area (Å²) in [5.41, 5.74) is 1.23. The molecule has 1 aliphatic rings. The van der Waals surface area contributed by atoms with Crippen LogP contribution in [0.4, 0.5) is 24.7 Å². The molecule has 172 valence electrons. The van der Waals surface area contributed by atoms with Gasteiger partial charge in [0.15, 0.2) is 5.82 Å². The Morgan fingerprint density at radius 3 is 2.47 bits per heavy atom. The molecule has 0 spiro atoms. The molecule has 0 saturated heterocycles. The number of hydrogen-bond acceptors (Lipinski definition) is 4. The third kappa shape index (κ3) is 4.26. The van der Waals surface area contributed by atoms with E-state index in [-0.39, 0.29) is 17.2 Å². The van der Waals surface area contributed by atoms with Gasteiger partial charge in [0, 0.05) is 11.9 Å². The minimum atomic E-state index is -4.38. The van der Waals surface area contributed by atoms with Crippen molar-refractivity contribution < 1.29 is 13.2 Å². The van der Waals surface area contributed by atoms with Gasteiger partial charge in [-0.25, -0.2) is 0 Å². The standard InChI is InChI=1S/C23H28F3N5O/c1-14-6-4-5-7-17(14)31-18-12-13-27-22(32)19(18)21(29-31)28-16-10-8-15(9-11-16)20(30(2)3)23(24,25)26/h8-14,17,20H,4-7H2,1-3H3,(H,27,32)(H,28,29). The van der Waals surface area contributed by atoms with Gasteiger partial charge in [-0.1, -0.05) is 31.9 Å². The summed E-state index contributed by atoms with van der Waals surface area (Å²) in [6.07, 6.45) is 1.68. The first kappa shape index (κ1) is 22.4. The topological polar surface area (TPSA) is 66.0 Å². The molecule has 0 bridgehead atoms. The average molecular weight is 448 g/mol. The number of fused-ring (bicyclic) bond motifs is 1. The van der Waals surface area contributed by atoms with Crippen LogP contribution in [-0.2, 0) is 0 Å². The van der Waals surface area contributed by atoms with Crippen molar-refractivity contribution in [1.82, 2.24) is 19.7 Å². The van der Waals surface area contributed by atoms with Gasteiger partial charge in [0.05, 0.1) is 11.6 Å². The molecule has 6 nitrogen and oxygen atoms in total. The van der Waals surface area contributed by atoms with E-state index in [9.17, 15) is 18.0 Å². The molecule has 2 heterocycles. The summed E-state index contributed by atoms with van der Waals surface area (Å²) < 4.78 is 42.2. The molecule has 0 amide bonds. The fraction of sp³-hybridized carbons (Fsp3) is 0.478. The highest BCUT2D eigenvalue weighted by Crippen LogP contribution is 2.38. The van der Waals surface area contributed by atoms with Gasteiger partial charge in [-0.15, -0.1) is 0 Å². The van der Waals surface area contributed by atoms with Gasteiger partial charge in [-0.05, 0) is 56.6 Å². The lowest BCUT2D eigenvalue weighted by Gasteiger charge is -2.29. The third-order valence-corrected chi connectivity index (χ3v) is 6.33. The Balaban J connectivity index is 1.68. The number of alkyl halides is 3. The quantitative estimate of drug-likeness (QED) is 0.551. The first-order chi connectivity index (χ1) is 15.2. The number of nitrogens with one attached hydrogen (secondary N) is 2. The number of nitrogens with zero attached hydrogens (tertiary/aromatic N) is 3. The Hall–Kier alpha value is -2.81. The number of aromatic nitrogens is 3. The Labute approximate surface area is 184 Å². The number of rotatable bonds is 5. The van der Waals surface area contributed by atoms with E-state index >= 15 is 0 Å². The van der Waals surface area contributed by atoms with Crippen LogP contribution in [0.25, 0.3) is 10.9 Å². The molecule has 3 unspecified atom stereocenters. The summed E-state index contributed by atoms with van der Waals surface area (Å²) in [6, 6.07) is 6.45. The molecule has 2 N–H and O–H groups in total. The van der Waals surface area contributed by atoms with E-state index in [1.165, 1.54) is 32.6 Å². The fourth-order valence-electron chi connectivity index (χ4n) is 4.77. The molecule has 3 aromatic rings. The fourth-order valence-corrected chi connectivity index (χ4v) is 4.77. The highest BCUT2D eigenvalue weighted by Gasteiger charge is 2.42. The lowest BCUT2D eigenvalue weighted by molar-refractivity contribution is -0.179. The van der Waals surface area contributed by atoms with Crippen molar-refractivity contribution in [3.05, 3.63) is 52.4 Å². The highest BCUT2D eigenvalue weighted by molar-refractivity contribution is 5.91. The summed E-state index contributed by atoms with van der Waals surface area (Å²) in [7, 11) is 2.81. The van der Waals surface area contributed by atoms with Crippen molar-refractivity contribution in [3.63, 3.8) is 0 Å². The zero-order chi connectivity index (χ0) is 23.0. The minimum absolute atomic E-state index is 0.150. The van der Waals surface area contributed by atoms with Gasteiger partial charge in [-0.2, -0.15) is 18.3 Å². The molecule has 4 rings (SSSR count). The molecule has 1 fully saturated rings. The number of pyridine rings is 1. The number of anilines is 2. The monoisotopic (exact) mass is 447 g/mol. The van der Waals surface area contributed by atoms with Gasteiger partial charge in [0.1, 0.15) is 11.4 Å². The number of halogens is 3. The van der Waals surface area contributed by atoms with Crippen LogP contribution >= 0.6 is 0 Å². The lowest BCUT2D eigenvalue weighted by atomic mass is 9.86. The second-order valence-corrected chi connectivity index (χ2v) is 8.84. The molecule has 0 radical (unpaired) electrons. The lowest BCUT2D eigenvalue weighted by Crippen LogP contribution is -2.33. The smallest absolute Gasteiger partial charge is 0.338 e. The van der Waals surface area contributed by atoms with Crippen molar-refractivity contribution >= 4 is 22.4 Å². The Morgan fingerprint density at radius 1 is 1.16 bits per heavy atom. The van der Waals surface area contributed by atoms with Crippen LogP contribution in [-0.4, -0.2) is 39.9 Å². The number of H-pyrrole nitrogens is 1. The Morgan fingerprint density at radius 2 is 1.84 bits per heavy atom. The van der Waals surface area contributed by atoms with Gasteiger partial charge in [0.25, 0.3) is 5.56 Å². The number of benzene rings is 1. The normalized spacial score (nSPS) is 20.6. The van der Waals surface area contributed by atoms with E-state index in [2.05, 4.69) is 17.2 Å². The maximum atomic E-state index is 13.4. The maximum Gasteiger partial charge on any atom is 0.408 e. The van der Waals surface area contributed by atoms with Crippen LogP contribution in [0, 0.1) is 5.92 Å². The second kappa shape index (κ2) is 8.61. The predicted octanol–water partition coefficient (Wildman–Crippen LogP) is 5.38. The first-order valence-corrected chi connectivity index (χ1v) is 10.9. The predicted molar refractivity (Wildman–Crippen MR) is 119 cm³/mol. The number of hydrogen-bond donors (Lipinski definition) is 2. The Kier molecular flexibility index (Phi) is 6.03. The van der Waals surface area contributed by atoms with Crippen LogP contribution in [0.15, 0.2) is 41.3 Å². The van der Waals surface area contributed by atoms with E-state index < -0.39 is 12.2 Å². The molecular weight excluding hydrogens is 419 g/mol. The molecule has 2 aromatic heterocycles. The Bertz CT molecular complexity index is 1130. The third-order valence-electron chi connectivity index (χ3n) is 6.33. The van der Waals surface area contributed by atoms with E-state index in [1.807, 2.05) is 10.7 Å². The van der Waals surface area contributed by atoms with Crippen molar-refractivity contribution in [3.8, 4) is 0 Å². The highest BCUT2D eigenvalue weighted by atomic mass is 19.4. The van der Waals surface area contributed by atoms with Crippen molar-refractivity contribution in [2.75, 3.05) is 19.4 Å². The summed E-state index contributed by atoms with van der Waals surface area (Å²) in [5, 5.41) is 8.35.